The lowest BCUT2D eigenvalue weighted by Crippen LogP contribution is -2.35. The first kappa shape index (κ1) is 18.8. The Bertz CT molecular complexity index is 900. The van der Waals surface area contributed by atoms with E-state index in [9.17, 15) is 23.3 Å². The summed E-state index contributed by atoms with van der Waals surface area (Å²) in [6.07, 6.45) is 0. The van der Waals surface area contributed by atoms with E-state index >= 15 is 0 Å². The first-order valence-electron chi connectivity index (χ1n) is 6.96. The molecule has 2 rings (SSSR count). The number of amides is 1. The molecule has 0 aliphatic rings. The molecule has 0 heterocycles. The van der Waals surface area contributed by atoms with E-state index in [2.05, 4.69) is 5.32 Å². The highest BCUT2D eigenvalue weighted by atomic mass is 35.5. The van der Waals surface area contributed by atoms with Crippen molar-refractivity contribution < 1.29 is 18.1 Å². The third-order valence-electron chi connectivity index (χ3n) is 3.23. The van der Waals surface area contributed by atoms with Gasteiger partial charge in [-0.15, -0.1) is 0 Å². The van der Waals surface area contributed by atoms with Crippen LogP contribution in [0, 0.1) is 10.1 Å². The summed E-state index contributed by atoms with van der Waals surface area (Å²) in [6, 6.07) is 11.0. The Kier molecular flexibility index (Phi) is 5.73. The van der Waals surface area contributed by atoms with Gasteiger partial charge < -0.3 is 5.32 Å². The molecule has 0 saturated carbocycles. The van der Waals surface area contributed by atoms with Crippen molar-refractivity contribution in [3.63, 3.8) is 0 Å². The Morgan fingerprint density at radius 1 is 1.24 bits per heavy atom. The number of likely N-dealkylation sites (N-methyl/N-ethyl adjacent to an activating group) is 1. The monoisotopic (exact) mass is 383 g/mol. The predicted molar refractivity (Wildman–Crippen MR) is 93.0 cm³/mol. The van der Waals surface area contributed by atoms with Crippen LogP contribution in [-0.4, -0.2) is 37.1 Å². The van der Waals surface area contributed by atoms with Crippen LogP contribution in [0.3, 0.4) is 0 Å². The summed E-state index contributed by atoms with van der Waals surface area (Å²) in [5, 5.41) is 13.8. The molecule has 132 valence electrons. The minimum atomic E-state index is -4.04. The van der Waals surface area contributed by atoms with Crippen LogP contribution in [0.15, 0.2) is 53.4 Å². The van der Waals surface area contributed by atoms with Gasteiger partial charge in [-0.25, -0.2) is 8.42 Å². The number of anilines is 1. The van der Waals surface area contributed by atoms with Gasteiger partial charge in [0.15, 0.2) is 0 Å². The second kappa shape index (κ2) is 7.60. The number of hydrogen-bond acceptors (Lipinski definition) is 5. The highest BCUT2D eigenvalue weighted by molar-refractivity contribution is 7.89. The smallest absolute Gasteiger partial charge is 0.270 e. The topological polar surface area (TPSA) is 110 Å². The molecule has 0 radical (unpaired) electrons. The molecule has 8 nitrogen and oxygen atoms in total. The summed E-state index contributed by atoms with van der Waals surface area (Å²) >= 11 is 5.75. The summed E-state index contributed by atoms with van der Waals surface area (Å²) in [5.74, 6) is -0.557. The van der Waals surface area contributed by atoms with E-state index in [-0.39, 0.29) is 10.6 Å². The Morgan fingerprint density at radius 2 is 1.88 bits per heavy atom. The van der Waals surface area contributed by atoms with Crippen LogP contribution in [0.2, 0.25) is 5.02 Å². The number of hydrogen-bond donors (Lipinski definition) is 1. The van der Waals surface area contributed by atoms with Crippen molar-refractivity contribution >= 4 is 38.9 Å². The van der Waals surface area contributed by atoms with Gasteiger partial charge in [-0.1, -0.05) is 17.7 Å². The number of carbonyl (C=O) groups is 1. The van der Waals surface area contributed by atoms with Gasteiger partial charge in [0, 0.05) is 29.9 Å². The molecule has 0 aliphatic heterocycles. The van der Waals surface area contributed by atoms with Crippen LogP contribution in [-0.2, 0) is 14.8 Å². The molecule has 0 unspecified atom stereocenters. The molecular weight excluding hydrogens is 370 g/mol. The maximum Gasteiger partial charge on any atom is 0.270 e. The third kappa shape index (κ3) is 4.75. The van der Waals surface area contributed by atoms with Crippen LogP contribution in [0.25, 0.3) is 0 Å². The molecule has 0 bridgehead atoms. The van der Waals surface area contributed by atoms with Crippen LogP contribution < -0.4 is 5.32 Å². The van der Waals surface area contributed by atoms with Crippen LogP contribution >= 0.6 is 11.6 Å². The van der Waals surface area contributed by atoms with Gasteiger partial charge in [-0.05, 0) is 30.3 Å². The molecule has 25 heavy (non-hydrogen) atoms. The fraction of sp³-hybridized carbons (Fsp3) is 0.133. The molecule has 0 spiro atoms. The van der Waals surface area contributed by atoms with Crippen LogP contribution in [0.4, 0.5) is 11.4 Å². The minimum absolute atomic E-state index is 0.261. The lowest BCUT2D eigenvalue weighted by molar-refractivity contribution is -0.385. The molecule has 2 aromatic carbocycles. The number of benzene rings is 2. The van der Waals surface area contributed by atoms with E-state index in [1.54, 1.807) is 24.3 Å². The molecule has 1 amide bonds. The zero-order chi connectivity index (χ0) is 18.6. The zero-order valence-corrected chi connectivity index (χ0v) is 14.6. The van der Waals surface area contributed by atoms with Gasteiger partial charge in [-0.2, -0.15) is 4.31 Å². The number of non-ortho nitro benzene ring substituents is 1. The summed E-state index contributed by atoms with van der Waals surface area (Å²) in [7, 11) is -2.82. The maximum absolute atomic E-state index is 12.4. The van der Waals surface area contributed by atoms with E-state index < -0.39 is 27.4 Å². The minimum Gasteiger partial charge on any atom is -0.325 e. The second-order valence-corrected chi connectivity index (χ2v) is 7.55. The molecule has 0 aromatic heterocycles. The van der Waals surface area contributed by atoms with Crippen molar-refractivity contribution in [1.82, 2.24) is 4.31 Å². The number of nitro groups is 1. The van der Waals surface area contributed by atoms with Crippen LogP contribution in [0.1, 0.15) is 0 Å². The molecule has 2 aromatic rings. The normalized spacial score (nSPS) is 11.3. The summed E-state index contributed by atoms with van der Waals surface area (Å²) in [4.78, 5) is 21.8. The van der Waals surface area contributed by atoms with Crippen molar-refractivity contribution in [1.29, 1.82) is 0 Å². The Hall–Kier alpha value is -2.49. The predicted octanol–water partition coefficient (Wildman–Crippen LogP) is 2.51. The Morgan fingerprint density at radius 3 is 2.48 bits per heavy atom. The average molecular weight is 384 g/mol. The van der Waals surface area contributed by atoms with E-state index in [1.165, 1.54) is 25.2 Å². The maximum atomic E-state index is 12.4. The number of nitro benzene ring substituents is 1. The van der Waals surface area contributed by atoms with E-state index in [0.717, 1.165) is 10.4 Å². The number of carbonyl (C=O) groups excluding carboxylic acids is 1. The van der Waals surface area contributed by atoms with E-state index in [1.807, 2.05) is 0 Å². The van der Waals surface area contributed by atoms with Crippen molar-refractivity contribution in [2.45, 2.75) is 4.90 Å². The second-order valence-electron chi connectivity index (χ2n) is 5.07. The fourth-order valence-electron chi connectivity index (χ4n) is 1.96. The Balaban J connectivity index is 2.11. The fourth-order valence-corrected chi connectivity index (χ4v) is 3.25. The van der Waals surface area contributed by atoms with E-state index in [0.29, 0.717) is 10.7 Å². The quantitative estimate of drug-likeness (QED) is 0.608. The first-order valence-corrected chi connectivity index (χ1v) is 8.78. The molecule has 0 aliphatic carbocycles. The number of rotatable bonds is 6. The standard InChI is InChI=1S/C15H14ClN3O5S/c1-18(10-15(20)17-12-7-5-11(16)6-8-12)25(23,24)14-4-2-3-13(9-14)19(21)22/h2-9H,10H2,1H3,(H,17,20). The lowest BCUT2D eigenvalue weighted by atomic mass is 10.3. The zero-order valence-electron chi connectivity index (χ0n) is 13.0. The highest BCUT2D eigenvalue weighted by Gasteiger charge is 2.24. The van der Waals surface area contributed by atoms with Crippen molar-refractivity contribution in [3.05, 3.63) is 63.7 Å². The summed E-state index contributed by atoms with van der Waals surface area (Å²) in [6.45, 7) is -0.451. The average Bonchev–Trinajstić information content (AvgIpc) is 2.57. The number of nitrogens with zero attached hydrogens (tertiary/aromatic N) is 2. The number of sulfonamides is 1. The molecule has 10 heteroatoms. The van der Waals surface area contributed by atoms with Gasteiger partial charge in [-0.3, -0.25) is 14.9 Å². The lowest BCUT2D eigenvalue weighted by Gasteiger charge is -2.16. The van der Waals surface area contributed by atoms with Gasteiger partial charge in [0.1, 0.15) is 0 Å². The first-order chi connectivity index (χ1) is 11.7. The van der Waals surface area contributed by atoms with Crippen molar-refractivity contribution in [2.24, 2.45) is 0 Å². The molecule has 1 N–H and O–H groups in total. The van der Waals surface area contributed by atoms with E-state index in [4.69, 9.17) is 11.6 Å². The highest BCUT2D eigenvalue weighted by Crippen LogP contribution is 2.20. The Labute approximate surface area is 149 Å². The largest absolute Gasteiger partial charge is 0.325 e. The molecular formula is C15H14ClN3O5S. The van der Waals surface area contributed by atoms with Gasteiger partial charge in [0.2, 0.25) is 15.9 Å². The van der Waals surface area contributed by atoms with Crippen LogP contribution in [0.5, 0.6) is 0 Å². The molecule has 0 fully saturated rings. The number of nitrogens with one attached hydrogen (secondary N) is 1. The molecule has 0 atom stereocenters. The van der Waals surface area contributed by atoms with Gasteiger partial charge >= 0.3 is 0 Å². The summed E-state index contributed by atoms with van der Waals surface area (Å²) < 4.78 is 25.7. The van der Waals surface area contributed by atoms with Gasteiger partial charge in [0.05, 0.1) is 16.4 Å². The number of halogens is 1. The third-order valence-corrected chi connectivity index (χ3v) is 5.28. The van der Waals surface area contributed by atoms with Crippen molar-refractivity contribution in [3.8, 4) is 0 Å². The van der Waals surface area contributed by atoms with Gasteiger partial charge in [0.25, 0.3) is 5.69 Å². The summed E-state index contributed by atoms with van der Waals surface area (Å²) in [5.41, 5.74) is 0.121. The SMILES string of the molecule is CN(CC(=O)Nc1ccc(Cl)cc1)S(=O)(=O)c1cccc([N+](=O)[O-])c1. The molecule has 0 saturated heterocycles. The van der Waals surface area contributed by atoms with Crippen molar-refractivity contribution in [2.75, 3.05) is 18.9 Å².